The van der Waals surface area contributed by atoms with Gasteiger partial charge in [0.15, 0.2) is 5.78 Å². The number of pyridine rings is 2. The average molecular weight is 665 g/mol. The van der Waals surface area contributed by atoms with Gasteiger partial charge in [0.2, 0.25) is 5.91 Å². The van der Waals surface area contributed by atoms with Crippen LogP contribution in [0.3, 0.4) is 0 Å². The van der Waals surface area contributed by atoms with E-state index in [9.17, 15) is 9.59 Å². The summed E-state index contributed by atoms with van der Waals surface area (Å²) in [4.78, 5) is 32.9. The molecule has 2 aromatic rings. The first-order valence-corrected chi connectivity index (χ1v) is 10.5. The van der Waals surface area contributed by atoms with Crippen molar-refractivity contribution in [2.45, 2.75) is 27.7 Å². The number of hydrogen-bond acceptors (Lipinski definition) is 5. The summed E-state index contributed by atoms with van der Waals surface area (Å²) in [5.41, 5.74) is 0.472. The minimum atomic E-state index is -0.0949. The van der Waals surface area contributed by atoms with Gasteiger partial charge in [-0.2, -0.15) is 13.8 Å². The van der Waals surface area contributed by atoms with Crippen molar-refractivity contribution in [1.82, 2.24) is 15.0 Å². The van der Waals surface area contributed by atoms with E-state index >= 15 is 0 Å². The number of amides is 1. The van der Waals surface area contributed by atoms with E-state index in [0.29, 0.717) is 20.8 Å². The van der Waals surface area contributed by atoms with Crippen molar-refractivity contribution in [3.8, 4) is 0 Å². The second kappa shape index (κ2) is 28.6. The summed E-state index contributed by atoms with van der Waals surface area (Å²) in [6.45, 7) is 6.88. The number of hydroxylamine groups is 2. The third kappa shape index (κ3) is 24.7. The molecule has 0 saturated carbocycles. The molecule has 2 rings (SSSR count). The molecule has 0 bridgehead atoms. The van der Waals surface area contributed by atoms with Crippen LogP contribution in [0.25, 0.3) is 0 Å². The van der Waals surface area contributed by atoms with Gasteiger partial charge in [0.25, 0.3) is 0 Å². The van der Waals surface area contributed by atoms with Crippen molar-refractivity contribution >= 4 is 97.1 Å². The molecule has 0 aliphatic carbocycles. The molecule has 0 N–H and O–H groups in total. The number of hydrogen-bond donors (Lipinski definition) is 0. The third-order valence-corrected chi connectivity index (χ3v) is 4.49. The van der Waals surface area contributed by atoms with Gasteiger partial charge in [-0.25, -0.2) is 15.0 Å². The first kappa shape index (κ1) is 48.1. The van der Waals surface area contributed by atoms with E-state index in [4.69, 9.17) is 46.4 Å². The summed E-state index contributed by atoms with van der Waals surface area (Å²) in [5, 5.41) is 2.47. The zero-order chi connectivity index (χ0) is 23.9. The monoisotopic (exact) mass is 661 g/mol. The van der Waals surface area contributed by atoms with Gasteiger partial charge in [0, 0.05) is 36.4 Å². The fourth-order valence-electron chi connectivity index (χ4n) is 1.14. The molecule has 15 heteroatoms. The summed E-state index contributed by atoms with van der Waals surface area (Å²) < 4.78 is 0.830. The Labute approximate surface area is 270 Å². The SMILES string of the molecule is CC(=O)c1cnc(Cl)c(Cl)c1.CON(C)C(C)=O.C[CH-]C.Clc1cc(Br)cnc1Cl.[Cl-].[Cl-].[Li+].[Mg+2]. The van der Waals surface area contributed by atoms with E-state index in [2.05, 4.69) is 30.7 Å². The molecule has 34 heavy (non-hydrogen) atoms. The Bertz CT molecular complexity index is 829. The summed E-state index contributed by atoms with van der Waals surface area (Å²) in [6, 6.07) is 3.19. The van der Waals surface area contributed by atoms with E-state index in [1.807, 2.05) is 20.3 Å². The van der Waals surface area contributed by atoms with Crippen LogP contribution in [0.4, 0.5) is 0 Å². The molecule has 0 fully saturated rings. The number of aromatic nitrogens is 2. The number of ketones is 1. The van der Waals surface area contributed by atoms with Crippen LogP contribution in [0.15, 0.2) is 29.0 Å². The minimum absolute atomic E-state index is 0. The van der Waals surface area contributed by atoms with Gasteiger partial charge < -0.3 is 31.2 Å². The fourth-order valence-corrected chi connectivity index (χ4v) is 2.14. The Morgan fingerprint density at radius 1 is 0.971 bits per heavy atom. The van der Waals surface area contributed by atoms with Crippen LogP contribution in [0.5, 0.6) is 0 Å². The first-order chi connectivity index (χ1) is 13.9. The van der Waals surface area contributed by atoms with Crippen molar-refractivity contribution in [2.75, 3.05) is 14.2 Å². The van der Waals surface area contributed by atoms with Gasteiger partial charge in [-0.3, -0.25) is 14.4 Å². The van der Waals surface area contributed by atoms with Gasteiger partial charge in [-0.05, 0) is 35.0 Å². The molecule has 2 aromatic heterocycles. The van der Waals surface area contributed by atoms with Crippen LogP contribution in [-0.4, -0.2) is 63.9 Å². The minimum Gasteiger partial charge on any atom is -1.00 e. The Kier molecular flexibility index (Phi) is 40.4. The van der Waals surface area contributed by atoms with Crippen molar-refractivity contribution in [3.05, 3.63) is 61.3 Å². The van der Waals surface area contributed by atoms with Crippen LogP contribution in [0.1, 0.15) is 38.1 Å². The predicted octanol–water partition coefficient (Wildman–Crippen LogP) is -2.37. The maximum atomic E-state index is 10.8. The Balaban J connectivity index is -0.0000000787. The molecule has 0 saturated heterocycles. The molecule has 0 aromatic carbocycles. The molecule has 0 radical (unpaired) electrons. The number of carbonyl (C=O) groups is 2. The largest absolute Gasteiger partial charge is 2.00 e. The molecule has 0 aliphatic rings. The molecule has 0 aliphatic heterocycles. The maximum Gasteiger partial charge on any atom is 2.00 e. The zero-order valence-electron chi connectivity index (χ0n) is 19.8. The van der Waals surface area contributed by atoms with Crippen LogP contribution in [0, 0.1) is 6.42 Å². The predicted molar refractivity (Wildman–Crippen MR) is 133 cm³/mol. The molecule has 6 nitrogen and oxygen atoms in total. The number of Topliss-reactive ketones (excluding diaryl/α,β-unsaturated/α-hetero) is 1. The Morgan fingerprint density at radius 3 is 1.59 bits per heavy atom. The molecule has 0 spiro atoms. The normalized spacial score (nSPS) is 7.97. The van der Waals surface area contributed by atoms with Crippen LogP contribution in [-0.2, 0) is 9.63 Å². The number of carbonyl (C=O) groups excluding carboxylic acids is 2. The van der Waals surface area contributed by atoms with Gasteiger partial charge in [0.1, 0.15) is 10.3 Å². The Morgan fingerprint density at radius 2 is 1.35 bits per heavy atom. The standard InChI is InChI=1S/C7H5Cl2NO.C5H2BrCl2N.C4H9NO2.C3H7.2ClH.Li.Mg/c1-4(11)5-2-6(8)7(9)10-3-5;6-3-1-4(7)5(8)9-2-3;1-4(6)5(2)7-3;1-3-2;;;;/h2-3H,1H3;1-2H;1-3H3;3H,1-2H3;2*1H;;/q;;;-1;;;+1;+2/p-2. The molecule has 2 heterocycles. The third-order valence-electron chi connectivity index (χ3n) is 2.68. The van der Waals surface area contributed by atoms with E-state index < -0.39 is 0 Å². The molecule has 0 unspecified atom stereocenters. The van der Waals surface area contributed by atoms with Crippen molar-refractivity contribution in [1.29, 1.82) is 0 Å². The van der Waals surface area contributed by atoms with Gasteiger partial charge in [0.05, 0.1) is 17.2 Å². The topological polar surface area (TPSA) is 72.4 Å². The molecular formula is C19H23BrCl6LiMgN3O3. The van der Waals surface area contributed by atoms with E-state index in [0.717, 1.165) is 9.54 Å². The fraction of sp³-hybridized carbons (Fsp3) is 0.316. The van der Waals surface area contributed by atoms with Gasteiger partial charge >= 0.3 is 41.9 Å². The molecular weight excluding hydrogens is 642 g/mol. The zero-order valence-corrected chi connectivity index (χ0v) is 27.3. The average Bonchev–Trinajstić information content (AvgIpc) is 2.68. The smallest absolute Gasteiger partial charge is 1.00 e. The summed E-state index contributed by atoms with van der Waals surface area (Å²) >= 11 is 25.4. The number of rotatable bonds is 2. The first-order valence-electron chi connectivity index (χ1n) is 8.22. The Hall–Kier alpha value is 0.984. The number of nitrogens with zero attached hydrogens (tertiary/aromatic N) is 3. The van der Waals surface area contributed by atoms with E-state index in [1.54, 1.807) is 19.3 Å². The summed E-state index contributed by atoms with van der Waals surface area (Å²) in [6.07, 6.45) is 4.99. The van der Waals surface area contributed by atoms with Crippen molar-refractivity contribution in [3.63, 3.8) is 0 Å². The van der Waals surface area contributed by atoms with Crippen LogP contribution in [0.2, 0.25) is 20.4 Å². The van der Waals surface area contributed by atoms with Crippen molar-refractivity contribution < 1.29 is 58.1 Å². The van der Waals surface area contributed by atoms with Crippen LogP contribution < -0.4 is 43.7 Å². The second-order valence-corrected chi connectivity index (χ2v) is 7.70. The summed E-state index contributed by atoms with van der Waals surface area (Å²) in [5.74, 6) is -0.168. The summed E-state index contributed by atoms with van der Waals surface area (Å²) in [7, 11) is 3.00. The molecule has 0 atom stereocenters. The number of halogens is 7. The van der Waals surface area contributed by atoms with Crippen LogP contribution >= 0.6 is 62.3 Å². The van der Waals surface area contributed by atoms with Gasteiger partial charge in [-0.1, -0.05) is 46.4 Å². The van der Waals surface area contributed by atoms with E-state index in [1.165, 1.54) is 33.2 Å². The van der Waals surface area contributed by atoms with E-state index in [-0.39, 0.29) is 83.6 Å². The quantitative estimate of drug-likeness (QED) is 0.118. The van der Waals surface area contributed by atoms with Crippen molar-refractivity contribution in [2.24, 2.45) is 0 Å². The molecule has 1 amide bonds. The van der Waals surface area contributed by atoms with Gasteiger partial charge in [-0.15, -0.1) is 0 Å². The second-order valence-electron chi connectivity index (χ2n) is 5.26. The molecule has 184 valence electrons. The maximum absolute atomic E-state index is 10.8.